The van der Waals surface area contributed by atoms with Crippen molar-refractivity contribution in [3.63, 3.8) is 0 Å². The van der Waals surface area contributed by atoms with Crippen LogP contribution < -0.4 is 17.4 Å². The number of aromatic amines is 1. The van der Waals surface area contributed by atoms with Gasteiger partial charge in [0, 0.05) is 7.05 Å². The number of fused-ring (bicyclic) bond motifs is 2. The Bertz CT molecular complexity index is 894. The molecule has 0 unspecified atom stereocenters. The van der Waals surface area contributed by atoms with Gasteiger partial charge in [0.05, 0.1) is 11.0 Å². The van der Waals surface area contributed by atoms with Gasteiger partial charge in [-0.05, 0) is 37.1 Å². The molecule has 0 amide bonds. The van der Waals surface area contributed by atoms with Gasteiger partial charge in [0.1, 0.15) is 0 Å². The summed E-state index contributed by atoms with van der Waals surface area (Å²) >= 11 is 0. The molecule has 1 aromatic carbocycles. The van der Waals surface area contributed by atoms with Crippen LogP contribution in [-0.4, -0.2) is 19.5 Å². The Morgan fingerprint density at radius 3 is 2.45 bits per heavy atom. The molecule has 0 radical (unpaired) electrons. The van der Waals surface area contributed by atoms with Crippen molar-refractivity contribution >= 4 is 11.0 Å². The maximum Gasteiger partial charge on any atom is 0.349 e. The fourth-order valence-electron chi connectivity index (χ4n) is 2.15. The first kappa shape index (κ1) is 13.9. The van der Waals surface area contributed by atoms with E-state index in [0.717, 1.165) is 16.6 Å². The van der Waals surface area contributed by atoms with E-state index in [0.29, 0.717) is 11.3 Å². The average Bonchev–Trinajstić information content (AvgIpc) is 2.34. The molecule has 2 aliphatic rings. The zero-order chi connectivity index (χ0) is 13.7. The highest BCUT2D eigenvalue weighted by atomic mass is 16.2. The number of nitrogens with zero attached hydrogens (tertiary/aromatic N) is 3. The fraction of sp³-hybridized carbons (Fsp3) is 0.231. The molecule has 0 aromatic heterocycles. The second-order valence-electron chi connectivity index (χ2n) is 4.64. The Morgan fingerprint density at radius 2 is 1.75 bits per heavy atom. The van der Waals surface area contributed by atoms with Crippen molar-refractivity contribution in [2.75, 3.05) is 0 Å². The monoisotopic (exact) mass is 273 g/mol. The SMILES string of the molecule is Cc1cc2nc3c(=O)[nH]c(=O)nc-3n(C)c2cc1C.N. The van der Waals surface area contributed by atoms with Crippen molar-refractivity contribution in [2.45, 2.75) is 13.8 Å². The van der Waals surface area contributed by atoms with E-state index in [1.165, 1.54) is 0 Å². The van der Waals surface area contributed by atoms with Gasteiger partial charge in [0.2, 0.25) is 0 Å². The molecule has 0 atom stereocenters. The highest BCUT2D eigenvalue weighted by Gasteiger charge is 2.16. The van der Waals surface area contributed by atoms with Crippen LogP contribution >= 0.6 is 0 Å². The van der Waals surface area contributed by atoms with Gasteiger partial charge in [0.25, 0.3) is 5.56 Å². The number of aromatic nitrogens is 4. The van der Waals surface area contributed by atoms with E-state index in [1.54, 1.807) is 11.6 Å². The molecule has 0 fully saturated rings. The van der Waals surface area contributed by atoms with E-state index in [9.17, 15) is 9.59 Å². The number of hydrogen-bond donors (Lipinski definition) is 2. The Kier molecular flexibility index (Phi) is 3.15. The fourth-order valence-corrected chi connectivity index (χ4v) is 2.15. The van der Waals surface area contributed by atoms with E-state index in [2.05, 4.69) is 15.0 Å². The lowest BCUT2D eigenvalue weighted by Gasteiger charge is -2.13. The third-order valence-electron chi connectivity index (χ3n) is 3.36. The lowest BCUT2D eigenvalue weighted by atomic mass is 10.1. The Labute approximate surface area is 114 Å². The molecule has 1 aromatic rings. The van der Waals surface area contributed by atoms with Crippen LogP contribution in [0.2, 0.25) is 0 Å². The van der Waals surface area contributed by atoms with Gasteiger partial charge in [-0.1, -0.05) is 0 Å². The first-order valence-electron chi connectivity index (χ1n) is 5.85. The van der Waals surface area contributed by atoms with Crippen molar-refractivity contribution in [2.24, 2.45) is 7.05 Å². The average molecular weight is 273 g/mol. The number of aryl methyl sites for hydroxylation is 3. The number of rotatable bonds is 0. The molecule has 2 aliphatic heterocycles. The van der Waals surface area contributed by atoms with E-state index in [1.807, 2.05) is 26.0 Å². The first-order valence-corrected chi connectivity index (χ1v) is 5.85. The van der Waals surface area contributed by atoms with Crippen LogP contribution in [0.25, 0.3) is 22.6 Å². The predicted octanol–water partition coefficient (Wildman–Crippen LogP) is 0.900. The van der Waals surface area contributed by atoms with Crippen molar-refractivity contribution in [1.82, 2.24) is 25.7 Å². The minimum absolute atomic E-state index is 0. The van der Waals surface area contributed by atoms with E-state index in [-0.39, 0.29) is 11.8 Å². The Morgan fingerprint density at radius 1 is 1.10 bits per heavy atom. The molecular weight excluding hydrogens is 258 g/mol. The van der Waals surface area contributed by atoms with Gasteiger partial charge in [-0.3, -0.25) is 9.78 Å². The van der Waals surface area contributed by atoms with Gasteiger partial charge in [-0.25, -0.2) is 9.78 Å². The molecule has 3 rings (SSSR count). The molecule has 20 heavy (non-hydrogen) atoms. The Balaban J connectivity index is 0.00000147. The minimum Gasteiger partial charge on any atom is -0.344 e. The molecule has 7 heteroatoms. The number of benzene rings is 1. The topological polar surface area (TPSA) is 116 Å². The van der Waals surface area contributed by atoms with Gasteiger partial charge >= 0.3 is 5.69 Å². The van der Waals surface area contributed by atoms with Crippen LogP contribution in [0, 0.1) is 13.8 Å². The van der Waals surface area contributed by atoms with Gasteiger partial charge in [0.15, 0.2) is 11.5 Å². The van der Waals surface area contributed by atoms with Crippen LogP contribution in [0.1, 0.15) is 11.1 Å². The molecule has 0 saturated heterocycles. The summed E-state index contributed by atoms with van der Waals surface area (Å²) in [6.07, 6.45) is 0. The van der Waals surface area contributed by atoms with Crippen LogP contribution in [0.3, 0.4) is 0 Å². The molecular formula is C13H15N5O2. The lowest BCUT2D eigenvalue weighted by molar-refractivity contribution is 0.870. The quantitative estimate of drug-likeness (QED) is 0.590. The zero-order valence-electron chi connectivity index (χ0n) is 11.5. The molecule has 0 aliphatic carbocycles. The molecule has 0 bridgehead atoms. The van der Waals surface area contributed by atoms with Crippen molar-refractivity contribution in [1.29, 1.82) is 0 Å². The van der Waals surface area contributed by atoms with E-state index >= 15 is 0 Å². The second-order valence-corrected chi connectivity index (χ2v) is 4.64. The predicted molar refractivity (Wildman–Crippen MR) is 76.5 cm³/mol. The number of hydrogen-bond acceptors (Lipinski definition) is 5. The van der Waals surface area contributed by atoms with E-state index < -0.39 is 11.2 Å². The summed E-state index contributed by atoms with van der Waals surface area (Å²) in [6, 6.07) is 3.90. The maximum atomic E-state index is 11.8. The zero-order valence-corrected chi connectivity index (χ0v) is 11.5. The number of nitrogens with one attached hydrogen (secondary N) is 1. The van der Waals surface area contributed by atoms with Crippen molar-refractivity contribution in [3.8, 4) is 11.5 Å². The summed E-state index contributed by atoms with van der Waals surface area (Å²) < 4.78 is 1.72. The second kappa shape index (κ2) is 4.53. The summed E-state index contributed by atoms with van der Waals surface area (Å²) in [5.41, 5.74) is 2.79. The third kappa shape index (κ3) is 1.88. The summed E-state index contributed by atoms with van der Waals surface area (Å²) in [6.45, 7) is 3.99. The van der Waals surface area contributed by atoms with Crippen molar-refractivity contribution < 1.29 is 0 Å². The summed E-state index contributed by atoms with van der Waals surface area (Å²) in [5, 5.41) is 0. The van der Waals surface area contributed by atoms with Crippen LogP contribution in [0.5, 0.6) is 0 Å². The number of H-pyrrole nitrogens is 1. The summed E-state index contributed by atoms with van der Waals surface area (Å²) in [5.74, 6) is 0.296. The smallest absolute Gasteiger partial charge is 0.344 e. The summed E-state index contributed by atoms with van der Waals surface area (Å²) in [4.78, 5) is 33.4. The van der Waals surface area contributed by atoms with E-state index in [4.69, 9.17) is 0 Å². The lowest BCUT2D eigenvalue weighted by Crippen LogP contribution is -2.28. The molecule has 4 N–H and O–H groups in total. The Hall–Kier alpha value is -2.54. The molecule has 0 spiro atoms. The van der Waals surface area contributed by atoms with Crippen LogP contribution in [0.15, 0.2) is 21.7 Å². The van der Waals surface area contributed by atoms with Gasteiger partial charge in [-0.2, -0.15) is 4.98 Å². The largest absolute Gasteiger partial charge is 0.349 e. The molecule has 0 saturated carbocycles. The molecule has 7 nitrogen and oxygen atoms in total. The van der Waals surface area contributed by atoms with Gasteiger partial charge in [-0.15, -0.1) is 0 Å². The standard InChI is InChI=1S/C13H12N4O2.H3N/c1-6-4-8-9(5-7(6)2)17(3)11-10(14-8)12(18)16-13(19)15-11;/h4-5H,1-3H3,(H,16,18,19);1H3. The van der Waals surface area contributed by atoms with Crippen LogP contribution in [-0.2, 0) is 7.05 Å². The molecule has 104 valence electrons. The highest BCUT2D eigenvalue weighted by Crippen LogP contribution is 2.22. The molecule has 2 heterocycles. The van der Waals surface area contributed by atoms with Crippen LogP contribution in [0.4, 0.5) is 0 Å². The van der Waals surface area contributed by atoms with Gasteiger partial charge < -0.3 is 10.7 Å². The minimum atomic E-state index is -0.655. The highest BCUT2D eigenvalue weighted by molar-refractivity contribution is 5.80. The summed E-state index contributed by atoms with van der Waals surface area (Å²) in [7, 11) is 1.77. The third-order valence-corrected chi connectivity index (χ3v) is 3.36. The maximum absolute atomic E-state index is 11.8. The normalized spacial score (nSPS) is 10.8. The first-order chi connectivity index (χ1) is 8.97. The van der Waals surface area contributed by atoms with Crippen molar-refractivity contribution in [3.05, 3.63) is 44.1 Å².